The number of methoxy groups -OCH3 is 1. The van der Waals surface area contributed by atoms with Gasteiger partial charge in [0.15, 0.2) is 5.11 Å². The molecule has 4 nitrogen and oxygen atoms in total. The first-order valence-electron chi connectivity index (χ1n) is 7.12. The molecule has 0 saturated carbocycles. The summed E-state index contributed by atoms with van der Waals surface area (Å²) in [6, 6.07) is 15.6. The van der Waals surface area contributed by atoms with Crippen molar-refractivity contribution < 1.29 is 9.47 Å². The van der Waals surface area contributed by atoms with Gasteiger partial charge in [0.2, 0.25) is 0 Å². The predicted molar refractivity (Wildman–Crippen MR) is 93.7 cm³/mol. The minimum Gasteiger partial charge on any atom is -0.497 e. The van der Waals surface area contributed by atoms with Crippen LogP contribution < -0.4 is 20.1 Å². The molecule has 116 valence electrons. The van der Waals surface area contributed by atoms with E-state index >= 15 is 0 Å². The first-order chi connectivity index (χ1) is 10.7. The van der Waals surface area contributed by atoms with Crippen LogP contribution in [0.25, 0.3) is 0 Å². The fraction of sp³-hybridized carbons (Fsp3) is 0.235. The molecule has 5 heteroatoms. The highest BCUT2D eigenvalue weighted by molar-refractivity contribution is 7.80. The Morgan fingerprint density at radius 2 is 1.86 bits per heavy atom. The summed E-state index contributed by atoms with van der Waals surface area (Å²) in [6.07, 6.45) is 0. The van der Waals surface area contributed by atoms with Gasteiger partial charge in [-0.15, -0.1) is 0 Å². The van der Waals surface area contributed by atoms with Crippen LogP contribution in [0.5, 0.6) is 11.5 Å². The molecule has 0 atom stereocenters. The van der Waals surface area contributed by atoms with E-state index in [-0.39, 0.29) is 0 Å². The van der Waals surface area contributed by atoms with Crippen molar-refractivity contribution in [1.29, 1.82) is 0 Å². The molecule has 2 aromatic rings. The van der Waals surface area contributed by atoms with Gasteiger partial charge in [-0.3, -0.25) is 0 Å². The number of rotatable bonds is 6. The van der Waals surface area contributed by atoms with Crippen LogP contribution in [0, 0.1) is 0 Å². The Morgan fingerprint density at radius 1 is 1.09 bits per heavy atom. The SMILES string of the molecule is CCOc1cccc(CNC(=S)Nc2ccc(OC)cc2)c1. The van der Waals surface area contributed by atoms with E-state index in [2.05, 4.69) is 10.6 Å². The number of nitrogens with one attached hydrogen (secondary N) is 2. The Kier molecular flexibility index (Phi) is 6.03. The summed E-state index contributed by atoms with van der Waals surface area (Å²) in [5.74, 6) is 1.69. The standard InChI is InChI=1S/C17H20N2O2S/c1-3-21-16-6-4-5-13(11-16)12-18-17(22)19-14-7-9-15(20-2)10-8-14/h4-11H,3,12H2,1-2H3,(H2,18,19,22). The molecule has 0 unspecified atom stereocenters. The summed E-state index contributed by atoms with van der Waals surface area (Å²) < 4.78 is 10.6. The molecule has 0 aliphatic carbocycles. The summed E-state index contributed by atoms with van der Waals surface area (Å²) in [4.78, 5) is 0. The molecule has 0 bridgehead atoms. The Balaban J connectivity index is 1.85. The Bertz CT molecular complexity index is 614. The van der Waals surface area contributed by atoms with Gasteiger partial charge >= 0.3 is 0 Å². The van der Waals surface area contributed by atoms with Gasteiger partial charge in [-0.2, -0.15) is 0 Å². The molecule has 0 heterocycles. The van der Waals surface area contributed by atoms with Crippen molar-refractivity contribution >= 4 is 23.0 Å². The normalized spacial score (nSPS) is 9.91. The maximum absolute atomic E-state index is 5.48. The highest BCUT2D eigenvalue weighted by Crippen LogP contribution is 2.15. The van der Waals surface area contributed by atoms with Crippen LogP contribution in [0.4, 0.5) is 5.69 Å². The zero-order valence-corrected chi connectivity index (χ0v) is 13.6. The summed E-state index contributed by atoms with van der Waals surface area (Å²) in [5, 5.41) is 6.89. The largest absolute Gasteiger partial charge is 0.497 e. The smallest absolute Gasteiger partial charge is 0.171 e. The Hall–Kier alpha value is -2.27. The number of thiocarbonyl (C=S) groups is 1. The third-order valence-electron chi connectivity index (χ3n) is 3.01. The highest BCUT2D eigenvalue weighted by atomic mass is 32.1. The zero-order chi connectivity index (χ0) is 15.8. The third kappa shape index (κ3) is 4.93. The molecule has 2 N–H and O–H groups in total. The van der Waals surface area contributed by atoms with Gasteiger partial charge in [-0.25, -0.2) is 0 Å². The van der Waals surface area contributed by atoms with E-state index in [0.717, 1.165) is 22.7 Å². The second kappa shape index (κ2) is 8.24. The third-order valence-corrected chi connectivity index (χ3v) is 3.26. The number of benzene rings is 2. The molecule has 0 aliphatic heterocycles. The molecule has 0 aromatic heterocycles. The zero-order valence-electron chi connectivity index (χ0n) is 12.8. The highest BCUT2D eigenvalue weighted by Gasteiger charge is 2.00. The topological polar surface area (TPSA) is 42.5 Å². The molecular formula is C17H20N2O2S. The lowest BCUT2D eigenvalue weighted by molar-refractivity contribution is 0.340. The maximum atomic E-state index is 5.48. The summed E-state index contributed by atoms with van der Waals surface area (Å²) in [5.41, 5.74) is 2.03. The second-order valence-corrected chi connectivity index (χ2v) is 5.02. The van der Waals surface area contributed by atoms with Crippen LogP contribution in [0.15, 0.2) is 48.5 Å². The van der Waals surface area contributed by atoms with Gasteiger partial charge in [0.05, 0.1) is 13.7 Å². The van der Waals surface area contributed by atoms with E-state index < -0.39 is 0 Å². The fourth-order valence-corrected chi connectivity index (χ4v) is 2.13. The minimum absolute atomic E-state index is 0.576. The van der Waals surface area contributed by atoms with Crippen LogP contribution in [0.2, 0.25) is 0 Å². The summed E-state index contributed by atoms with van der Waals surface area (Å²) >= 11 is 5.30. The fourth-order valence-electron chi connectivity index (χ4n) is 1.94. The Labute approximate surface area is 136 Å². The van der Waals surface area contributed by atoms with Crippen molar-refractivity contribution in [2.45, 2.75) is 13.5 Å². The average molecular weight is 316 g/mol. The lowest BCUT2D eigenvalue weighted by Gasteiger charge is -2.12. The number of hydrogen-bond donors (Lipinski definition) is 2. The van der Waals surface area contributed by atoms with Gasteiger partial charge < -0.3 is 20.1 Å². The number of ether oxygens (including phenoxy) is 2. The average Bonchev–Trinajstić information content (AvgIpc) is 2.54. The summed E-state index contributed by atoms with van der Waals surface area (Å²) in [6.45, 7) is 3.27. The molecule has 0 radical (unpaired) electrons. The van der Waals surface area contributed by atoms with Gasteiger partial charge in [-0.1, -0.05) is 12.1 Å². The first-order valence-corrected chi connectivity index (χ1v) is 7.52. The van der Waals surface area contributed by atoms with E-state index in [1.54, 1.807) is 7.11 Å². The second-order valence-electron chi connectivity index (χ2n) is 4.62. The van der Waals surface area contributed by atoms with Gasteiger partial charge in [0.1, 0.15) is 11.5 Å². The molecule has 0 amide bonds. The van der Waals surface area contributed by atoms with Crippen LogP contribution in [0.3, 0.4) is 0 Å². The van der Waals surface area contributed by atoms with Crippen LogP contribution in [-0.4, -0.2) is 18.8 Å². The van der Waals surface area contributed by atoms with Crippen molar-refractivity contribution in [3.63, 3.8) is 0 Å². The van der Waals surface area contributed by atoms with Crippen molar-refractivity contribution in [2.24, 2.45) is 0 Å². The monoisotopic (exact) mass is 316 g/mol. The van der Waals surface area contributed by atoms with Crippen molar-refractivity contribution in [3.05, 3.63) is 54.1 Å². The maximum Gasteiger partial charge on any atom is 0.171 e. The van der Waals surface area contributed by atoms with Crippen LogP contribution in [0.1, 0.15) is 12.5 Å². The number of hydrogen-bond acceptors (Lipinski definition) is 3. The molecule has 2 aromatic carbocycles. The number of anilines is 1. The van der Waals surface area contributed by atoms with Crippen LogP contribution >= 0.6 is 12.2 Å². The van der Waals surface area contributed by atoms with E-state index in [0.29, 0.717) is 18.3 Å². The van der Waals surface area contributed by atoms with Crippen molar-refractivity contribution in [1.82, 2.24) is 5.32 Å². The lowest BCUT2D eigenvalue weighted by Crippen LogP contribution is -2.27. The van der Waals surface area contributed by atoms with Crippen LogP contribution in [-0.2, 0) is 6.54 Å². The predicted octanol–water partition coefficient (Wildman–Crippen LogP) is 3.58. The Morgan fingerprint density at radius 3 is 2.55 bits per heavy atom. The van der Waals surface area contributed by atoms with E-state index in [1.807, 2.05) is 55.5 Å². The van der Waals surface area contributed by atoms with E-state index in [1.165, 1.54) is 0 Å². The molecule has 2 rings (SSSR count). The molecule has 0 saturated heterocycles. The molecule has 0 spiro atoms. The van der Waals surface area contributed by atoms with E-state index in [4.69, 9.17) is 21.7 Å². The van der Waals surface area contributed by atoms with E-state index in [9.17, 15) is 0 Å². The van der Waals surface area contributed by atoms with Crippen molar-refractivity contribution in [3.8, 4) is 11.5 Å². The quantitative estimate of drug-likeness (QED) is 0.797. The lowest BCUT2D eigenvalue weighted by atomic mass is 10.2. The molecule has 22 heavy (non-hydrogen) atoms. The minimum atomic E-state index is 0.576. The first kappa shape index (κ1) is 16.1. The van der Waals surface area contributed by atoms with Gasteiger partial charge in [0.25, 0.3) is 0 Å². The molecular weight excluding hydrogens is 296 g/mol. The molecule has 0 aliphatic rings. The van der Waals surface area contributed by atoms with Gasteiger partial charge in [-0.05, 0) is 61.1 Å². The summed E-state index contributed by atoms with van der Waals surface area (Å²) in [7, 11) is 1.64. The van der Waals surface area contributed by atoms with Gasteiger partial charge in [0, 0.05) is 12.2 Å². The molecule has 0 fully saturated rings. The van der Waals surface area contributed by atoms with Crippen molar-refractivity contribution in [2.75, 3.05) is 19.0 Å².